The first kappa shape index (κ1) is 13.5. The molecule has 17 heavy (non-hydrogen) atoms. The highest BCUT2D eigenvalue weighted by Gasteiger charge is 2.24. The molecule has 1 aliphatic rings. The summed E-state index contributed by atoms with van der Waals surface area (Å²) in [6.07, 6.45) is 2.71. The predicted octanol–water partition coefficient (Wildman–Crippen LogP) is 3.50. The van der Waals surface area contributed by atoms with E-state index in [1.807, 2.05) is 11.3 Å². The number of hydrogen-bond acceptors (Lipinski definition) is 3. The monoisotopic (exact) mass is 316 g/mol. The number of rotatable bonds is 4. The van der Waals surface area contributed by atoms with E-state index in [4.69, 9.17) is 0 Å². The van der Waals surface area contributed by atoms with Gasteiger partial charge in [0.2, 0.25) is 0 Å². The van der Waals surface area contributed by atoms with E-state index in [9.17, 15) is 0 Å². The van der Waals surface area contributed by atoms with E-state index in [0.717, 1.165) is 12.5 Å². The van der Waals surface area contributed by atoms with Crippen molar-refractivity contribution in [3.05, 3.63) is 20.8 Å². The van der Waals surface area contributed by atoms with Crippen LogP contribution < -0.4 is 5.32 Å². The van der Waals surface area contributed by atoms with Crippen LogP contribution in [-0.2, 0) is 0 Å². The molecule has 1 fully saturated rings. The van der Waals surface area contributed by atoms with E-state index in [0.29, 0.717) is 6.04 Å². The van der Waals surface area contributed by atoms with Crippen LogP contribution in [0.5, 0.6) is 0 Å². The topological polar surface area (TPSA) is 15.3 Å². The lowest BCUT2D eigenvalue weighted by atomic mass is 9.96. The van der Waals surface area contributed by atoms with Gasteiger partial charge in [-0.3, -0.25) is 4.90 Å². The van der Waals surface area contributed by atoms with Crippen LogP contribution in [0, 0.1) is 5.92 Å². The Balaban J connectivity index is 1.97. The van der Waals surface area contributed by atoms with Crippen molar-refractivity contribution in [3.63, 3.8) is 0 Å². The van der Waals surface area contributed by atoms with E-state index in [1.165, 1.54) is 34.6 Å². The average molecular weight is 317 g/mol. The largest absolute Gasteiger partial charge is 0.319 e. The van der Waals surface area contributed by atoms with Crippen molar-refractivity contribution in [1.82, 2.24) is 10.2 Å². The molecular formula is C13H21BrN2S. The second-order valence-corrected chi connectivity index (χ2v) is 7.37. The Hall–Kier alpha value is 0.1000. The fourth-order valence-corrected chi connectivity index (χ4v) is 4.15. The third-order valence-corrected chi connectivity index (χ3v) is 5.39. The highest BCUT2D eigenvalue weighted by atomic mass is 79.9. The Morgan fingerprint density at radius 2 is 2.41 bits per heavy atom. The van der Waals surface area contributed by atoms with Crippen molar-refractivity contribution >= 4 is 27.3 Å². The maximum Gasteiger partial charge on any atom is 0.0701 e. The highest BCUT2D eigenvalue weighted by molar-refractivity contribution is 9.11. The summed E-state index contributed by atoms with van der Waals surface area (Å²) < 4.78 is 1.24. The smallest absolute Gasteiger partial charge is 0.0701 e. The van der Waals surface area contributed by atoms with Crippen LogP contribution in [0.25, 0.3) is 0 Å². The molecule has 0 spiro atoms. The maximum absolute atomic E-state index is 3.55. The lowest BCUT2D eigenvalue weighted by Gasteiger charge is -2.36. The molecule has 0 saturated carbocycles. The Morgan fingerprint density at radius 1 is 1.59 bits per heavy atom. The van der Waals surface area contributed by atoms with Crippen LogP contribution in [0.2, 0.25) is 0 Å². The number of halogens is 1. The first-order valence-electron chi connectivity index (χ1n) is 6.34. The molecule has 2 heterocycles. The number of thiophene rings is 1. The van der Waals surface area contributed by atoms with Gasteiger partial charge in [0.05, 0.1) is 3.79 Å². The molecular weight excluding hydrogens is 296 g/mol. The van der Waals surface area contributed by atoms with Crippen LogP contribution in [0.4, 0.5) is 0 Å². The van der Waals surface area contributed by atoms with Crippen molar-refractivity contribution in [3.8, 4) is 0 Å². The first-order valence-corrected chi connectivity index (χ1v) is 7.95. The molecule has 1 saturated heterocycles. The van der Waals surface area contributed by atoms with Gasteiger partial charge in [0.15, 0.2) is 0 Å². The summed E-state index contributed by atoms with van der Waals surface area (Å²) in [6, 6.07) is 4.97. The summed E-state index contributed by atoms with van der Waals surface area (Å²) in [7, 11) is 2.05. The maximum atomic E-state index is 3.55. The second-order valence-electron chi connectivity index (χ2n) is 4.88. The molecule has 1 N–H and O–H groups in total. The minimum absolute atomic E-state index is 0.561. The SMILES string of the molecule is CNCC1CCCN(C(C)c2ccc(Br)s2)C1. The van der Waals surface area contributed by atoms with Crippen molar-refractivity contribution in [2.75, 3.05) is 26.7 Å². The van der Waals surface area contributed by atoms with Crippen molar-refractivity contribution in [2.45, 2.75) is 25.8 Å². The van der Waals surface area contributed by atoms with Crippen LogP contribution in [0.3, 0.4) is 0 Å². The second kappa shape index (κ2) is 6.32. The summed E-state index contributed by atoms with van der Waals surface area (Å²) in [6.45, 7) is 5.96. The number of nitrogens with zero attached hydrogens (tertiary/aromatic N) is 1. The zero-order valence-electron chi connectivity index (χ0n) is 10.6. The summed E-state index contributed by atoms with van der Waals surface area (Å²) in [5, 5.41) is 3.31. The summed E-state index contributed by atoms with van der Waals surface area (Å²) in [5.41, 5.74) is 0. The molecule has 2 rings (SSSR count). The Kier molecular flexibility index (Phi) is 5.03. The Bertz CT molecular complexity index is 351. The summed E-state index contributed by atoms with van der Waals surface area (Å²) >= 11 is 5.41. The molecule has 1 aromatic rings. The third kappa shape index (κ3) is 3.53. The fourth-order valence-electron chi connectivity index (χ4n) is 2.64. The highest BCUT2D eigenvalue weighted by Crippen LogP contribution is 2.32. The van der Waals surface area contributed by atoms with E-state index in [1.54, 1.807) is 0 Å². The molecule has 0 amide bonds. The zero-order chi connectivity index (χ0) is 12.3. The molecule has 4 heteroatoms. The van der Waals surface area contributed by atoms with E-state index in [2.05, 4.69) is 52.3 Å². The molecule has 1 aliphatic heterocycles. The number of likely N-dealkylation sites (tertiary alicyclic amines) is 1. The molecule has 0 aliphatic carbocycles. The standard InChI is InChI=1S/C13H21BrN2S/c1-10(12-5-6-13(14)17-12)16-7-3-4-11(9-16)8-15-2/h5-6,10-11,15H,3-4,7-9H2,1-2H3. The van der Waals surface area contributed by atoms with Crippen molar-refractivity contribution in [1.29, 1.82) is 0 Å². The van der Waals surface area contributed by atoms with Gasteiger partial charge in [0.1, 0.15) is 0 Å². The van der Waals surface area contributed by atoms with E-state index >= 15 is 0 Å². The van der Waals surface area contributed by atoms with Gasteiger partial charge in [0, 0.05) is 17.5 Å². The van der Waals surface area contributed by atoms with Gasteiger partial charge in [-0.25, -0.2) is 0 Å². The van der Waals surface area contributed by atoms with Crippen LogP contribution >= 0.6 is 27.3 Å². The molecule has 2 atom stereocenters. The molecule has 1 aromatic heterocycles. The lowest BCUT2D eigenvalue weighted by molar-refractivity contribution is 0.133. The minimum atomic E-state index is 0.561. The van der Waals surface area contributed by atoms with E-state index < -0.39 is 0 Å². The normalized spacial score (nSPS) is 23.8. The quantitative estimate of drug-likeness (QED) is 0.914. The van der Waals surface area contributed by atoms with Gasteiger partial charge in [-0.15, -0.1) is 11.3 Å². The Morgan fingerprint density at radius 3 is 3.06 bits per heavy atom. The molecule has 2 unspecified atom stereocenters. The van der Waals surface area contributed by atoms with Crippen LogP contribution in [-0.4, -0.2) is 31.6 Å². The molecule has 0 radical (unpaired) electrons. The summed E-state index contributed by atoms with van der Waals surface area (Å²) in [4.78, 5) is 4.10. The van der Waals surface area contributed by atoms with Gasteiger partial charge >= 0.3 is 0 Å². The van der Waals surface area contributed by atoms with Gasteiger partial charge < -0.3 is 5.32 Å². The van der Waals surface area contributed by atoms with Gasteiger partial charge in [-0.2, -0.15) is 0 Å². The molecule has 0 aromatic carbocycles. The number of piperidine rings is 1. The van der Waals surface area contributed by atoms with Gasteiger partial charge in [0.25, 0.3) is 0 Å². The number of nitrogens with one attached hydrogen (secondary N) is 1. The molecule has 0 bridgehead atoms. The summed E-state index contributed by atoms with van der Waals surface area (Å²) in [5.74, 6) is 0.819. The minimum Gasteiger partial charge on any atom is -0.319 e. The van der Waals surface area contributed by atoms with Crippen LogP contribution in [0.1, 0.15) is 30.7 Å². The van der Waals surface area contributed by atoms with E-state index in [-0.39, 0.29) is 0 Å². The number of hydrogen-bond donors (Lipinski definition) is 1. The van der Waals surface area contributed by atoms with Gasteiger partial charge in [-0.05, 0) is 73.9 Å². The zero-order valence-corrected chi connectivity index (χ0v) is 13.0. The average Bonchev–Trinajstić information content (AvgIpc) is 2.76. The predicted molar refractivity (Wildman–Crippen MR) is 78.7 cm³/mol. The van der Waals surface area contributed by atoms with Gasteiger partial charge in [-0.1, -0.05) is 0 Å². The molecule has 2 nitrogen and oxygen atoms in total. The Labute approximate surface area is 117 Å². The first-order chi connectivity index (χ1) is 8.20. The fraction of sp³-hybridized carbons (Fsp3) is 0.692. The van der Waals surface area contributed by atoms with Crippen molar-refractivity contribution in [2.24, 2.45) is 5.92 Å². The van der Waals surface area contributed by atoms with Crippen molar-refractivity contribution < 1.29 is 0 Å². The molecule has 96 valence electrons. The lowest BCUT2D eigenvalue weighted by Crippen LogP contribution is -2.40. The van der Waals surface area contributed by atoms with Crippen LogP contribution in [0.15, 0.2) is 15.9 Å². The third-order valence-electron chi connectivity index (χ3n) is 3.60.